The number of rotatable bonds is 5. The van der Waals surface area contributed by atoms with Gasteiger partial charge in [0.15, 0.2) is 0 Å². The molecule has 0 saturated carbocycles. The highest BCUT2D eigenvalue weighted by atomic mass is 16.2. The largest absolute Gasteiger partial charge is 0.340 e. The molecule has 1 aliphatic heterocycles. The molecule has 0 aromatic heterocycles. The van der Waals surface area contributed by atoms with Gasteiger partial charge in [0, 0.05) is 57.6 Å². The van der Waals surface area contributed by atoms with Gasteiger partial charge in [0.2, 0.25) is 5.91 Å². The molecule has 108 valence electrons. The molecular formula is C14H26N4O. The van der Waals surface area contributed by atoms with Crippen LogP contribution in [0.4, 0.5) is 0 Å². The van der Waals surface area contributed by atoms with Crippen molar-refractivity contribution < 1.29 is 4.79 Å². The van der Waals surface area contributed by atoms with Crippen LogP contribution in [0.5, 0.6) is 0 Å². The van der Waals surface area contributed by atoms with Crippen molar-refractivity contribution in [3.63, 3.8) is 0 Å². The average Bonchev–Trinajstić information content (AvgIpc) is 2.35. The number of nitrogens with zero attached hydrogens (tertiary/aromatic N) is 3. The van der Waals surface area contributed by atoms with Crippen LogP contribution in [0, 0.1) is 11.3 Å². The molecule has 19 heavy (non-hydrogen) atoms. The number of amides is 1. The Morgan fingerprint density at radius 1 is 1.26 bits per heavy atom. The maximum atomic E-state index is 12.0. The van der Waals surface area contributed by atoms with Gasteiger partial charge in [-0.2, -0.15) is 5.26 Å². The van der Waals surface area contributed by atoms with Crippen LogP contribution >= 0.6 is 0 Å². The molecule has 1 aliphatic rings. The number of hydrogen-bond donors (Lipinski definition) is 1. The molecule has 5 heteroatoms. The van der Waals surface area contributed by atoms with E-state index in [2.05, 4.69) is 37.1 Å². The van der Waals surface area contributed by atoms with Crippen LogP contribution in [0.25, 0.3) is 0 Å². The second-order valence-corrected chi connectivity index (χ2v) is 6.06. The molecule has 1 N–H and O–H groups in total. The van der Waals surface area contributed by atoms with Gasteiger partial charge in [0.05, 0.1) is 6.07 Å². The van der Waals surface area contributed by atoms with Crippen molar-refractivity contribution in [3.8, 4) is 6.07 Å². The first kappa shape index (κ1) is 15.9. The molecule has 0 aromatic carbocycles. The quantitative estimate of drug-likeness (QED) is 0.800. The molecule has 1 rings (SSSR count). The molecule has 0 unspecified atom stereocenters. The van der Waals surface area contributed by atoms with Crippen molar-refractivity contribution in [1.29, 1.82) is 5.26 Å². The second kappa shape index (κ2) is 7.46. The summed E-state index contributed by atoms with van der Waals surface area (Å²) in [6.07, 6.45) is 1.14. The number of piperazine rings is 1. The van der Waals surface area contributed by atoms with E-state index >= 15 is 0 Å². The molecule has 5 nitrogen and oxygen atoms in total. The first-order valence-electron chi connectivity index (χ1n) is 7.04. The predicted molar refractivity (Wildman–Crippen MR) is 75.6 cm³/mol. The van der Waals surface area contributed by atoms with E-state index in [0.29, 0.717) is 12.8 Å². The zero-order valence-electron chi connectivity index (χ0n) is 12.4. The standard InChI is InChI=1S/C14H26N4O/c1-14(2,3)16-7-5-13(19)18-11-9-17(10-12-18)8-4-6-15/h16H,4-5,7-12H2,1-3H3. The third kappa shape index (κ3) is 6.55. The fraction of sp³-hybridized carbons (Fsp3) is 0.857. The maximum Gasteiger partial charge on any atom is 0.223 e. The van der Waals surface area contributed by atoms with Crippen LogP contribution in [0.3, 0.4) is 0 Å². The summed E-state index contributed by atoms with van der Waals surface area (Å²) in [6.45, 7) is 11.2. The molecule has 0 aromatic rings. The van der Waals surface area contributed by atoms with Crippen LogP contribution < -0.4 is 5.32 Å². The van der Waals surface area contributed by atoms with E-state index in [0.717, 1.165) is 39.3 Å². The van der Waals surface area contributed by atoms with Crippen molar-refractivity contribution in [2.24, 2.45) is 0 Å². The van der Waals surface area contributed by atoms with Crippen LogP contribution in [-0.4, -0.2) is 60.5 Å². The first-order chi connectivity index (χ1) is 8.92. The summed E-state index contributed by atoms with van der Waals surface area (Å²) in [6, 6.07) is 2.16. The molecular weight excluding hydrogens is 240 g/mol. The van der Waals surface area contributed by atoms with Gasteiger partial charge in [-0.25, -0.2) is 0 Å². The summed E-state index contributed by atoms with van der Waals surface area (Å²) in [4.78, 5) is 16.2. The van der Waals surface area contributed by atoms with E-state index in [4.69, 9.17) is 5.26 Å². The fourth-order valence-corrected chi connectivity index (χ4v) is 2.13. The van der Waals surface area contributed by atoms with Gasteiger partial charge in [0.25, 0.3) is 0 Å². The summed E-state index contributed by atoms with van der Waals surface area (Å²) in [5.74, 6) is 0.233. The highest BCUT2D eigenvalue weighted by Crippen LogP contribution is 2.05. The van der Waals surface area contributed by atoms with Gasteiger partial charge in [-0.1, -0.05) is 0 Å². The average molecular weight is 266 g/mol. The van der Waals surface area contributed by atoms with E-state index in [1.54, 1.807) is 0 Å². The summed E-state index contributed by atoms with van der Waals surface area (Å²) in [7, 11) is 0. The lowest BCUT2D eigenvalue weighted by Gasteiger charge is -2.34. The van der Waals surface area contributed by atoms with Crippen LogP contribution in [0.2, 0.25) is 0 Å². The third-order valence-electron chi connectivity index (χ3n) is 3.26. The molecule has 0 spiro atoms. The summed E-state index contributed by atoms with van der Waals surface area (Å²) < 4.78 is 0. The van der Waals surface area contributed by atoms with Crippen LogP contribution in [-0.2, 0) is 4.79 Å². The van der Waals surface area contributed by atoms with Crippen LogP contribution in [0.15, 0.2) is 0 Å². The molecule has 1 saturated heterocycles. The molecule has 0 radical (unpaired) electrons. The SMILES string of the molecule is CC(C)(C)NCCC(=O)N1CCN(CCC#N)CC1. The second-order valence-electron chi connectivity index (χ2n) is 6.06. The summed E-state index contributed by atoms with van der Waals surface area (Å²) in [5, 5.41) is 11.9. The lowest BCUT2D eigenvalue weighted by molar-refractivity contribution is -0.132. The van der Waals surface area contributed by atoms with Gasteiger partial charge < -0.3 is 10.2 Å². The van der Waals surface area contributed by atoms with Crippen molar-refractivity contribution >= 4 is 5.91 Å². The molecule has 1 amide bonds. The Bertz CT molecular complexity index is 321. The summed E-state index contributed by atoms with van der Waals surface area (Å²) >= 11 is 0. The highest BCUT2D eigenvalue weighted by Gasteiger charge is 2.20. The van der Waals surface area contributed by atoms with Gasteiger partial charge in [-0.3, -0.25) is 9.69 Å². The lowest BCUT2D eigenvalue weighted by Crippen LogP contribution is -2.49. The number of hydrogen-bond acceptors (Lipinski definition) is 4. The van der Waals surface area contributed by atoms with Crippen molar-refractivity contribution in [2.45, 2.75) is 39.2 Å². The van der Waals surface area contributed by atoms with E-state index in [1.807, 2.05) is 4.90 Å². The van der Waals surface area contributed by atoms with E-state index in [1.165, 1.54) is 0 Å². The number of nitrogens with one attached hydrogen (secondary N) is 1. The molecule has 1 heterocycles. The molecule has 0 aliphatic carbocycles. The van der Waals surface area contributed by atoms with Crippen LogP contribution in [0.1, 0.15) is 33.6 Å². The Hall–Kier alpha value is -1.12. The molecule has 0 atom stereocenters. The zero-order valence-corrected chi connectivity index (χ0v) is 12.4. The van der Waals surface area contributed by atoms with E-state index in [9.17, 15) is 4.79 Å². The molecule has 1 fully saturated rings. The Balaban J connectivity index is 2.20. The molecule has 0 bridgehead atoms. The van der Waals surface area contributed by atoms with E-state index in [-0.39, 0.29) is 11.4 Å². The first-order valence-corrected chi connectivity index (χ1v) is 7.04. The van der Waals surface area contributed by atoms with Gasteiger partial charge in [0.1, 0.15) is 0 Å². The smallest absolute Gasteiger partial charge is 0.223 e. The Morgan fingerprint density at radius 3 is 2.42 bits per heavy atom. The third-order valence-corrected chi connectivity index (χ3v) is 3.26. The number of nitriles is 1. The normalized spacial score (nSPS) is 17.3. The monoisotopic (exact) mass is 266 g/mol. The minimum absolute atomic E-state index is 0.0657. The van der Waals surface area contributed by atoms with Gasteiger partial charge >= 0.3 is 0 Å². The topological polar surface area (TPSA) is 59.4 Å². The highest BCUT2D eigenvalue weighted by molar-refractivity contribution is 5.76. The Labute approximate surface area is 116 Å². The minimum atomic E-state index is 0.0657. The lowest BCUT2D eigenvalue weighted by atomic mass is 10.1. The minimum Gasteiger partial charge on any atom is -0.340 e. The number of carbonyl (C=O) groups is 1. The fourth-order valence-electron chi connectivity index (χ4n) is 2.13. The van der Waals surface area contributed by atoms with Crippen molar-refractivity contribution in [1.82, 2.24) is 15.1 Å². The van der Waals surface area contributed by atoms with Gasteiger partial charge in [-0.15, -0.1) is 0 Å². The number of carbonyl (C=O) groups excluding carboxylic acids is 1. The van der Waals surface area contributed by atoms with Gasteiger partial charge in [-0.05, 0) is 20.8 Å². The zero-order chi connectivity index (χ0) is 14.3. The van der Waals surface area contributed by atoms with Crippen molar-refractivity contribution in [3.05, 3.63) is 0 Å². The van der Waals surface area contributed by atoms with E-state index < -0.39 is 0 Å². The maximum absolute atomic E-state index is 12.0. The Morgan fingerprint density at radius 2 is 1.89 bits per heavy atom. The van der Waals surface area contributed by atoms with Crippen molar-refractivity contribution in [2.75, 3.05) is 39.3 Å². The summed E-state index contributed by atoms with van der Waals surface area (Å²) in [5.41, 5.74) is 0.0657. The predicted octanol–water partition coefficient (Wildman–Crippen LogP) is 0.822. The Kier molecular flexibility index (Phi) is 6.26.